The van der Waals surface area contributed by atoms with Gasteiger partial charge in [0.05, 0.1) is 5.56 Å². The van der Waals surface area contributed by atoms with Crippen LogP contribution in [-0.2, 0) is 20.5 Å². The number of piperidine rings is 2. The molecule has 182 valence electrons. The van der Waals surface area contributed by atoms with E-state index < -0.39 is 46.6 Å². The summed E-state index contributed by atoms with van der Waals surface area (Å²) in [5.74, 6) is -3.67. The first kappa shape index (κ1) is 25.0. The number of fused-ring (bicyclic) bond motifs is 2. The van der Waals surface area contributed by atoms with Crippen molar-refractivity contribution in [3.63, 3.8) is 0 Å². The first-order valence-corrected chi connectivity index (χ1v) is 10.9. The Balaban J connectivity index is 1.85. The number of aliphatic carboxylic acids is 1. The van der Waals surface area contributed by atoms with Crippen LogP contribution in [0, 0.1) is 5.92 Å². The molecule has 3 rings (SSSR count). The number of nitrogens with zero attached hydrogens (tertiary/aromatic N) is 1. The fraction of sp³-hybridized carbons (Fsp3) is 0.609. The third-order valence-corrected chi connectivity index (χ3v) is 6.40. The number of esters is 1. The van der Waals surface area contributed by atoms with Crippen molar-refractivity contribution in [3.05, 3.63) is 35.4 Å². The van der Waals surface area contributed by atoms with Crippen LogP contribution in [0.3, 0.4) is 0 Å². The number of carboxylic acid groups (broad SMARTS) is 1. The topological polar surface area (TPSA) is 110 Å². The molecule has 1 amide bonds. The number of carbonyl (C=O) groups is 3. The monoisotopic (exact) mass is 470 g/mol. The minimum absolute atomic E-state index is 0.128. The number of rotatable bonds is 4. The van der Waals surface area contributed by atoms with Crippen LogP contribution in [0.15, 0.2) is 24.3 Å². The van der Waals surface area contributed by atoms with Crippen LogP contribution in [0.1, 0.15) is 68.8 Å². The van der Waals surface area contributed by atoms with E-state index in [0.29, 0.717) is 12.8 Å². The van der Waals surface area contributed by atoms with Gasteiger partial charge < -0.3 is 20.5 Å². The van der Waals surface area contributed by atoms with Crippen LogP contribution in [0.4, 0.5) is 13.2 Å². The molecule has 33 heavy (non-hydrogen) atoms. The number of hydrogen-bond donors (Lipinski definition) is 2. The molecule has 0 spiro atoms. The second kappa shape index (κ2) is 8.62. The Morgan fingerprint density at radius 2 is 1.55 bits per heavy atom. The zero-order valence-electron chi connectivity index (χ0n) is 18.8. The lowest BCUT2D eigenvalue weighted by atomic mass is 9.69. The number of hydrogen-bond acceptors (Lipinski definition) is 5. The third-order valence-electron chi connectivity index (χ3n) is 6.40. The lowest BCUT2D eigenvalue weighted by molar-refractivity contribution is -0.174. The number of alkyl halides is 3. The van der Waals surface area contributed by atoms with Gasteiger partial charge in [-0.15, -0.1) is 0 Å². The van der Waals surface area contributed by atoms with Crippen molar-refractivity contribution < 1.29 is 37.4 Å². The highest BCUT2D eigenvalue weighted by Crippen LogP contribution is 2.42. The van der Waals surface area contributed by atoms with Crippen molar-refractivity contribution in [2.45, 2.75) is 82.3 Å². The van der Waals surface area contributed by atoms with E-state index in [1.54, 1.807) is 25.7 Å². The lowest BCUT2D eigenvalue weighted by Crippen LogP contribution is -2.67. The van der Waals surface area contributed by atoms with Crippen LogP contribution < -0.4 is 5.73 Å². The van der Waals surface area contributed by atoms with E-state index in [1.807, 2.05) is 0 Å². The van der Waals surface area contributed by atoms with Gasteiger partial charge in [-0.05, 0) is 77.1 Å². The molecule has 3 unspecified atom stereocenters. The van der Waals surface area contributed by atoms with Gasteiger partial charge in [0, 0.05) is 23.6 Å². The molecule has 2 heterocycles. The SMILES string of the molecule is CC(C)(C)OC(=O)C(N)(C(=O)O)C1CC2CCCC(C1)N2C(=O)c1ccc(C(F)(F)F)cc1. The van der Waals surface area contributed by atoms with Crippen LogP contribution in [0.2, 0.25) is 0 Å². The number of benzene rings is 1. The smallest absolute Gasteiger partial charge is 0.416 e. The Morgan fingerprint density at radius 1 is 1.03 bits per heavy atom. The van der Waals surface area contributed by atoms with Gasteiger partial charge in [-0.2, -0.15) is 13.2 Å². The van der Waals surface area contributed by atoms with E-state index >= 15 is 0 Å². The van der Waals surface area contributed by atoms with Crippen LogP contribution in [0.25, 0.3) is 0 Å². The molecule has 3 N–H and O–H groups in total. The van der Waals surface area contributed by atoms with Gasteiger partial charge in [0.15, 0.2) is 0 Å². The Morgan fingerprint density at radius 3 is 1.97 bits per heavy atom. The fourth-order valence-corrected chi connectivity index (χ4v) is 4.83. The highest BCUT2D eigenvalue weighted by molar-refractivity contribution is 6.04. The van der Waals surface area contributed by atoms with Crippen molar-refractivity contribution in [1.29, 1.82) is 0 Å². The van der Waals surface area contributed by atoms with Gasteiger partial charge >= 0.3 is 18.1 Å². The Bertz CT molecular complexity index is 912. The van der Waals surface area contributed by atoms with Crippen molar-refractivity contribution in [3.8, 4) is 0 Å². The molecule has 1 aromatic carbocycles. The average molecular weight is 470 g/mol. The van der Waals surface area contributed by atoms with E-state index in [1.165, 1.54) is 0 Å². The van der Waals surface area contributed by atoms with Crippen LogP contribution in [0.5, 0.6) is 0 Å². The molecule has 3 atom stereocenters. The van der Waals surface area contributed by atoms with Gasteiger partial charge in [0.2, 0.25) is 5.54 Å². The number of carbonyl (C=O) groups excluding carboxylic acids is 2. The van der Waals surface area contributed by atoms with Crippen molar-refractivity contribution >= 4 is 17.8 Å². The molecule has 1 aromatic rings. The van der Waals surface area contributed by atoms with Gasteiger partial charge in [-0.1, -0.05) is 0 Å². The summed E-state index contributed by atoms with van der Waals surface area (Å²) >= 11 is 0. The molecule has 7 nitrogen and oxygen atoms in total. The van der Waals surface area contributed by atoms with Gasteiger partial charge in [-0.25, -0.2) is 9.59 Å². The molecule has 2 bridgehead atoms. The quantitative estimate of drug-likeness (QED) is 0.514. The van der Waals surface area contributed by atoms with E-state index in [0.717, 1.165) is 30.7 Å². The number of halogens is 3. The predicted octanol–water partition coefficient (Wildman–Crippen LogP) is 3.60. The third kappa shape index (κ3) is 5.00. The Kier molecular flexibility index (Phi) is 6.54. The summed E-state index contributed by atoms with van der Waals surface area (Å²) < 4.78 is 43.9. The second-order valence-corrected chi connectivity index (χ2v) is 9.87. The van der Waals surface area contributed by atoms with Crippen molar-refractivity contribution in [2.75, 3.05) is 0 Å². The summed E-state index contributed by atoms with van der Waals surface area (Å²) in [5, 5.41) is 9.86. The molecule has 2 saturated heterocycles. The molecule has 2 aliphatic rings. The molecule has 10 heteroatoms. The maximum Gasteiger partial charge on any atom is 0.416 e. The van der Waals surface area contributed by atoms with E-state index in [-0.39, 0.29) is 30.5 Å². The molecule has 2 aliphatic heterocycles. The molecule has 0 aliphatic carbocycles. The molecule has 0 aromatic heterocycles. The summed E-state index contributed by atoms with van der Waals surface area (Å²) in [6, 6.07) is 3.29. The van der Waals surface area contributed by atoms with Gasteiger partial charge in [0.1, 0.15) is 5.60 Å². The number of amides is 1. The predicted molar refractivity (Wildman–Crippen MR) is 112 cm³/mol. The number of carboxylic acids is 1. The van der Waals surface area contributed by atoms with Gasteiger partial charge in [-0.3, -0.25) is 4.79 Å². The highest BCUT2D eigenvalue weighted by Gasteiger charge is 2.56. The van der Waals surface area contributed by atoms with Crippen LogP contribution >= 0.6 is 0 Å². The molecular weight excluding hydrogens is 441 g/mol. The summed E-state index contributed by atoms with van der Waals surface area (Å²) in [6.45, 7) is 4.85. The molecule has 0 saturated carbocycles. The van der Waals surface area contributed by atoms with E-state index in [2.05, 4.69) is 0 Å². The Hall–Kier alpha value is -2.62. The number of nitrogens with two attached hydrogens (primary N) is 1. The minimum atomic E-state index is -4.50. The maximum absolute atomic E-state index is 13.2. The number of ether oxygens (including phenoxy) is 1. The first-order valence-electron chi connectivity index (χ1n) is 10.9. The molecule has 2 fully saturated rings. The highest BCUT2D eigenvalue weighted by atomic mass is 19.4. The van der Waals surface area contributed by atoms with Gasteiger partial charge in [0.25, 0.3) is 5.91 Å². The largest absolute Gasteiger partial charge is 0.479 e. The zero-order valence-corrected chi connectivity index (χ0v) is 18.8. The minimum Gasteiger partial charge on any atom is -0.479 e. The standard InChI is InChI=1S/C23H29F3N2O5/c1-21(2,3)33-20(32)22(27,19(30)31)15-11-16-5-4-6-17(12-15)28(16)18(29)13-7-9-14(10-8-13)23(24,25)26/h7-10,15-17H,4-6,11-12,27H2,1-3H3,(H,30,31). The second-order valence-electron chi connectivity index (χ2n) is 9.87. The fourth-order valence-electron chi connectivity index (χ4n) is 4.83. The maximum atomic E-state index is 13.2. The van der Waals surface area contributed by atoms with E-state index in [4.69, 9.17) is 10.5 Å². The summed E-state index contributed by atoms with van der Waals surface area (Å²) in [7, 11) is 0. The van der Waals surface area contributed by atoms with Crippen LogP contribution in [-0.4, -0.2) is 51.1 Å². The average Bonchev–Trinajstić information content (AvgIpc) is 2.69. The zero-order chi connectivity index (χ0) is 24.8. The summed E-state index contributed by atoms with van der Waals surface area (Å²) in [4.78, 5) is 39.7. The van der Waals surface area contributed by atoms with E-state index in [9.17, 15) is 32.7 Å². The normalized spacial score (nSPS) is 25.2. The summed E-state index contributed by atoms with van der Waals surface area (Å²) in [6.07, 6.45) is -2.14. The molecular formula is C23H29F3N2O5. The summed E-state index contributed by atoms with van der Waals surface area (Å²) in [5.41, 5.74) is 2.28. The lowest BCUT2D eigenvalue weighted by Gasteiger charge is -2.51. The first-order chi connectivity index (χ1) is 15.1. The van der Waals surface area contributed by atoms with Crippen molar-refractivity contribution in [2.24, 2.45) is 11.7 Å². The Labute approximate surface area is 190 Å². The van der Waals surface area contributed by atoms with Crippen molar-refractivity contribution in [1.82, 2.24) is 4.90 Å². The molecule has 0 radical (unpaired) electrons.